The largest absolute Gasteiger partial charge is 0.418 e. The zero-order valence-corrected chi connectivity index (χ0v) is 25.0. The van der Waals surface area contributed by atoms with Gasteiger partial charge >= 0.3 is 6.18 Å². The molecule has 43 heavy (non-hydrogen) atoms. The van der Waals surface area contributed by atoms with E-state index in [4.69, 9.17) is 0 Å². The fourth-order valence-corrected chi connectivity index (χ4v) is 7.67. The highest BCUT2D eigenvalue weighted by Crippen LogP contribution is 2.49. The third-order valence-electron chi connectivity index (χ3n) is 7.85. The number of alkyl halides is 3. The molecule has 3 nitrogen and oxygen atoms in total. The highest BCUT2D eigenvalue weighted by molar-refractivity contribution is 7.92. The van der Waals surface area contributed by atoms with E-state index < -0.39 is 26.3 Å². The molecule has 222 valence electrons. The van der Waals surface area contributed by atoms with Crippen LogP contribution < -0.4 is 0 Å². The average molecular weight is 602 g/mol. The average Bonchev–Trinajstić information content (AvgIpc) is 2.99. The molecule has 5 rings (SSSR count). The van der Waals surface area contributed by atoms with Crippen LogP contribution in [0.15, 0.2) is 115 Å². The number of pyridine rings is 1. The van der Waals surface area contributed by atoms with E-state index in [1.165, 1.54) is 12.3 Å². The van der Waals surface area contributed by atoms with Gasteiger partial charge in [0.15, 0.2) is 9.84 Å². The van der Waals surface area contributed by atoms with E-state index in [2.05, 4.69) is 18.8 Å². The van der Waals surface area contributed by atoms with E-state index >= 15 is 0 Å². The van der Waals surface area contributed by atoms with Gasteiger partial charge in [-0.1, -0.05) is 117 Å². The first-order valence-corrected chi connectivity index (χ1v) is 16.0. The highest BCUT2D eigenvalue weighted by atomic mass is 32.2. The fraction of sp³-hybridized carbons (Fsp3) is 0.250. The normalized spacial score (nSPS) is 17.6. The molecule has 1 unspecified atom stereocenters. The molecule has 1 aliphatic rings. The van der Waals surface area contributed by atoms with Crippen molar-refractivity contribution in [1.29, 1.82) is 0 Å². The molecule has 4 aromatic rings. The Balaban J connectivity index is 1.80. The quantitative estimate of drug-likeness (QED) is 0.180. The molecule has 3 aromatic carbocycles. The van der Waals surface area contributed by atoms with Crippen LogP contribution in [-0.4, -0.2) is 19.2 Å². The van der Waals surface area contributed by atoms with E-state index in [0.29, 0.717) is 23.5 Å². The van der Waals surface area contributed by atoms with E-state index in [1.807, 2.05) is 72.8 Å². The maximum Gasteiger partial charge on any atom is 0.418 e. The van der Waals surface area contributed by atoms with Crippen molar-refractivity contribution in [2.75, 3.05) is 5.75 Å². The van der Waals surface area contributed by atoms with Crippen LogP contribution in [0.4, 0.5) is 13.2 Å². The summed E-state index contributed by atoms with van der Waals surface area (Å²) in [5, 5.41) is 0.192. The van der Waals surface area contributed by atoms with Crippen molar-refractivity contribution in [1.82, 2.24) is 4.98 Å². The summed E-state index contributed by atoms with van der Waals surface area (Å²) in [6.07, 6.45) is 6.70. The monoisotopic (exact) mass is 601 g/mol. The summed E-state index contributed by atoms with van der Waals surface area (Å²) in [6, 6.07) is 22.9. The maximum absolute atomic E-state index is 14.7. The number of para-hydroxylation sites is 1. The molecule has 7 heteroatoms. The lowest BCUT2D eigenvalue weighted by molar-refractivity contribution is -0.136. The van der Waals surface area contributed by atoms with Gasteiger partial charge in [0.1, 0.15) is 4.75 Å². The van der Waals surface area contributed by atoms with Crippen LogP contribution in [0.2, 0.25) is 0 Å². The number of fused-ring (bicyclic) bond motifs is 1. The maximum atomic E-state index is 14.7. The Morgan fingerprint density at radius 3 is 2.30 bits per heavy atom. The summed E-state index contributed by atoms with van der Waals surface area (Å²) in [5.41, 5.74) is 2.34. The number of rotatable bonds is 9. The molecule has 0 fully saturated rings. The first-order valence-electron chi connectivity index (χ1n) is 14.3. The fourth-order valence-electron chi connectivity index (χ4n) is 5.77. The van der Waals surface area contributed by atoms with Crippen LogP contribution in [0.1, 0.15) is 54.5 Å². The smallest absolute Gasteiger partial charge is 0.255 e. The third-order valence-corrected chi connectivity index (χ3v) is 10.1. The zero-order valence-electron chi connectivity index (χ0n) is 24.2. The lowest BCUT2D eigenvalue weighted by Crippen LogP contribution is -2.38. The number of hydrogen-bond acceptors (Lipinski definition) is 3. The van der Waals surface area contributed by atoms with E-state index in [1.54, 1.807) is 24.3 Å². The minimum absolute atomic E-state index is 0.0744. The van der Waals surface area contributed by atoms with Gasteiger partial charge < -0.3 is 0 Å². The molecule has 0 saturated heterocycles. The molecule has 0 saturated carbocycles. The Labute approximate surface area is 251 Å². The molecule has 1 atom stereocenters. The first-order chi connectivity index (χ1) is 20.5. The van der Waals surface area contributed by atoms with Gasteiger partial charge in [-0.2, -0.15) is 13.2 Å². The molecular formula is C36H34F3NO2S. The predicted molar refractivity (Wildman–Crippen MR) is 168 cm³/mol. The number of sulfone groups is 1. The Morgan fingerprint density at radius 2 is 1.63 bits per heavy atom. The summed E-state index contributed by atoms with van der Waals surface area (Å²) >= 11 is 0. The number of halogens is 3. The summed E-state index contributed by atoms with van der Waals surface area (Å²) in [6.45, 7) is 4.11. The van der Waals surface area contributed by atoms with E-state index in [-0.39, 0.29) is 23.1 Å². The van der Waals surface area contributed by atoms with Gasteiger partial charge in [0.2, 0.25) is 0 Å². The van der Waals surface area contributed by atoms with Crippen LogP contribution in [0.5, 0.6) is 0 Å². The molecule has 0 amide bonds. The molecule has 1 aromatic heterocycles. The van der Waals surface area contributed by atoms with Crippen LogP contribution >= 0.6 is 0 Å². The van der Waals surface area contributed by atoms with Crippen molar-refractivity contribution in [2.24, 2.45) is 5.92 Å². The second-order valence-corrected chi connectivity index (χ2v) is 13.7. The molecule has 1 heterocycles. The number of aromatic nitrogens is 1. The van der Waals surface area contributed by atoms with Crippen LogP contribution in [0.25, 0.3) is 16.5 Å². The number of hydrogen-bond donors (Lipinski definition) is 0. The minimum atomic E-state index is -4.66. The van der Waals surface area contributed by atoms with Crippen molar-refractivity contribution in [3.05, 3.63) is 143 Å². The van der Waals surface area contributed by atoms with Gasteiger partial charge in [-0.05, 0) is 52.7 Å². The lowest BCUT2D eigenvalue weighted by Gasteiger charge is -2.36. The van der Waals surface area contributed by atoms with Crippen molar-refractivity contribution < 1.29 is 21.6 Å². The highest BCUT2D eigenvalue weighted by Gasteiger charge is 2.47. The standard InChI is InChI=1S/C36H34F3NO2S/c1-26(2)13-9-10-22-43(41,42)35(21-12-18-29(24-35)28-16-7-4-8-17-28)33-30(23-27-14-5-3-6-15-27)25-40-34-31(33)19-11-20-32(34)36(37,38)39/h3-12,14-21,25-26H,13,22-24H2,1-2H3. The molecule has 0 aliphatic heterocycles. The summed E-state index contributed by atoms with van der Waals surface area (Å²) in [4.78, 5) is 4.32. The van der Waals surface area contributed by atoms with Gasteiger partial charge in [0, 0.05) is 18.0 Å². The first kappa shape index (κ1) is 30.5. The SMILES string of the molecule is CC(C)CC=CCS(=O)(=O)C1(c2c(Cc3ccccc3)cnc3c(C(F)(F)F)cccc23)C=CC=C(c2ccccc2)C1. The Bertz CT molecular complexity index is 1790. The molecule has 0 bridgehead atoms. The molecule has 0 N–H and O–H groups in total. The Morgan fingerprint density at radius 1 is 0.930 bits per heavy atom. The minimum Gasteiger partial charge on any atom is -0.255 e. The second-order valence-electron chi connectivity index (χ2n) is 11.4. The molecular weight excluding hydrogens is 567 g/mol. The third kappa shape index (κ3) is 6.37. The summed E-state index contributed by atoms with van der Waals surface area (Å²) in [5.74, 6) is 0.108. The number of nitrogens with zero attached hydrogens (tertiary/aromatic N) is 1. The van der Waals surface area contributed by atoms with Crippen molar-refractivity contribution in [3.8, 4) is 0 Å². The molecule has 0 radical (unpaired) electrons. The van der Waals surface area contributed by atoms with Crippen LogP contribution in [0.3, 0.4) is 0 Å². The van der Waals surface area contributed by atoms with Gasteiger partial charge in [-0.3, -0.25) is 4.98 Å². The van der Waals surface area contributed by atoms with Crippen molar-refractivity contribution in [3.63, 3.8) is 0 Å². The Hall–Kier alpha value is -3.97. The predicted octanol–water partition coefficient (Wildman–Crippen LogP) is 9.10. The topological polar surface area (TPSA) is 47.0 Å². The second kappa shape index (κ2) is 12.3. The van der Waals surface area contributed by atoms with E-state index in [9.17, 15) is 21.6 Å². The van der Waals surface area contributed by atoms with Gasteiger partial charge in [-0.25, -0.2) is 8.42 Å². The Kier molecular flexibility index (Phi) is 8.74. The van der Waals surface area contributed by atoms with Crippen molar-refractivity contribution in [2.45, 2.75) is 44.0 Å². The zero-order chi connectivity index (χ0) is 30.7. The van der Waals surface area contributed by atoms with Gasteiger partial charge in [-0.15, -0.1) is 0 Å². The van der Waals surface area contributed by atoms with E-state index in [0.717, 1.165) is 29.2 Å². The van der Waals surface area contributed by atoms with Gasteiger partial charge in [0.05, 0.1) is 16.8 Å². The van der Waals surface area contributed by atoms with Crippen LogP contribution in [0, 0.1) is 5.92 Å². The van der Waals surface area contributed by atoms with Crippen LogP contribution in [-0.2, 0) is 27.2 Å². The van der Waals surface area contributed by atoms with Gasteiger partial charge in [0.25, 0.3) is 0 Å². The summed E-state index contributed by atoms with van der Waals surface area (Å²) in [7, 11) is -4.01. The van der Waals surface area contributed by atoms with Crippen molar-refractivity contribution >= 4 is 26.3 Å². The number of benzene rings is 3. The molecule has 1 aliphatic carbocycles. The summed E-state index contributed by atoms with van der Waals surface area (Å²) < 4.78 is 70.4. The number of allylic oxidation sites excluding steroid dienone is 4. The lowest BCUT2D eigenvalue weighted by atomic mass is 9.80. The molecule has 0 spiro atoms.